The van der Waals surface area contributed by atoms with Gasteiger partial charge in [-0.3, -0.25) is 0 Å². The van der Waals surface area contributed by atoms with E-state index < -0.39 is 0 Å². The van der Waals surface area contributed by atoms with E-state index in [9.17, 15) is 0 Å². The Balaban J connectivity index is 2.21. The Kier molecular flexibility index (Phi) is 5.54. The van der Waals surface area contributed by atoms with Crippen molar-refractivity contribution in [1.29, 1.82) is 0 Å². The Morgan fingerprint density at radius 1 is 1.14 bits per heavy atom. The average Bonchev–Trinajstić information content (AvgIpc) is 2.40. The van der Waals surface area contributed by atoms with E-state index in [2.05, 4.69) is 79.5 Å². The second-order valence-electron chi connectivity index (χ2n) is 5.94. The molecular formula is C16H18ClIN2S. The molecule has 0 bridgehead atoms. The molecule has 0 saturated carbocycles. The number of aryl methyl sites for hydroxylation is 1. The number of hydrogen-bond donors (Lipinski definition) is 0. The molecule has 2 rings (SSSR count). The molecule has 0 unspecified atom stereocenters. The van der Waals surface area contributed by atoms with Crippen LogP contribution in [-0.4, -0.2) is 9.97 Å². The molecule has 0 aliphatic carbocycles. The maximum absolute atomic E-state index is 6.26. The molecule has 0 aliphatic rings. The van der Waals surface area contributed by atoms with Gasteiger partial charge in [-0.05, 0) is 41.6 Å². The van der Waals surface area contributed by atoms with Gasteiger partial charge in [0.25, 0.3) is 0 Å². The van der Waals surface area contributed by atoms with E-state index in [1.54, 1.807) is 11.8 Å². The third-order valence-electron chi connectivity index (χ3n) is 2.96. The van der Waals surface area contributed by atoms with Crippen molar-refractivity contribution in [2.45, 2.75) is 43.8 Å². The highest BCUT2D eigenvalue weighted by Gasteiger charge is 2.22. The first-order valence-electron chi connectivity index (χ1n) is 6.69. The van der Waals surface area contributed by atoms with Gasteiger partial charge >= 0.3 is 0 Å². The zero-order chi connectivity index (χ0) is 15.6. The lowest BCUT2D eigenvalue weighted by atomic mass is 9.92. The molecule has 0 atom stereocenters. The zero-order valence-corrected chi connectivity index (χ0v) is 16.3. The number of nitrogens with zero attached hydrogens (tertiary/aromatic N) is 2. The van der Waals surface area contributed by atoms with Crippen molar-refractivity contribution in [3.05, 3.63) is 50.1 Å². The maximum Gasteiger partial charge on any atom is 0.146 e. The predicted molar refractivity (Wildman–Crippen MR) is 99.2 cm³/mol. The summed E-state index contributed by atoms with van der Waals surface area (Å²) in [4.78, 5) is 10.3. The van der Waals surface area contributed by atoms with Crippen molar-refractivity contribution < 1.29 is 0 Å². The van der Waals surface area contributed by atoms with E-state index in [4.69, 9.17) is 16.6 Å². The number of thioether (sulfide) groups is 1. The van der Waals surface area contributed by atoms with Crippen LogP contribution in [0.1, 0.15) is 37.9 Å². The Bertz CT molecular complexity index is 636. The van der Waals surface area contributed by atoms with Gasteiger partial charge in [-0.25, -0.2) is 9.97 Å². The molecule has 2 aromatic rings. The normalized spacial score (nSPS) is 11.7. The van der Waals surface area contributed by atoms with Gasteiger partial charge in [0, 0.05) is 10.3 Å². The molecule has 0 fully saturated rings. The number of halogens is 2. The summed E-state index contributed by atoms with van der Waals surface area (Å²) in [6, 6.07) is 8.48. The van der Waals surface area contributed by atoms with Gasteiger partial charge in [0.05, 0.1) is 15.0 Å². The van der Waals surface area contributed by atoms with Gasteiger partial charge in [-0.1, -0.05) is 50.1 Å². The molecule has 1 aromatic heterocycles. The van der Waals surface area contributed by atoms with Crippen LogP contribution in [0.15, 0.2) is 29.2 Å². The van der Waals surface area contributed by atoms with E-state index in [-0.39, 0.29) is 5.41 Å². The number of hydrogen-bond acceptors (Lipinski definition) is 3. The molecule has 2 nitrogen and oxygen atoms in total. The van der Waals surface area contributed by atoms with Crippen LogP contribution in [0.5, 0.6) is 0 Å². The summed E-state index contributed by atoms with van der Waals surface area (Å²) in [6.45, 7) is 8.52. The van der Waals surface area contributed by atoms with Gasteiger partial charge in [-0.2, -0.15) is 0 Å². The Hall–Kier alpha value is -0.330. The Morgan fingerprint density at radius 3 is 2.33 bits per heavy atom. The lowest BCUT2D eigenvalue weighted by Gasteiger charge is -2.20. The quantitative estimate of drug-likeness (QED) is 0.357. The first-order chi connectivity index (χ1) is 9.77. The van der Waals surface area contributed by atoms with E-state index in [1.165, 1.54) is 10.5 Å². The summed E-state index contributed by atoms with van der Waals surface area (Å²) in [5, 5.41) is 0.551. The van der Waals surface area contributed by atoms with Crippen molar-refractivity contribution in [2.24, 2.45) is 0 Å². The van der Waals surface area contributed by atoms with E-state index in [0.717, 1.165) is 20.8 Å². The van der Waals surface area contributed by atoms with Crippen molar-refractivity contribution in [3.63, 3.8) is 0 Å². The monoisotopic (exact) mass is 432 g/mol. The first kappa shape index (κ1) is 17.0. The fraction of sp³-hybridized carbons (Fsp3) is 0.375. The lowest BCUT2D eigenvalue weighted by Crippen LogP contribution is -2.18. The van der Waals surface area contributed by atoms with Crippen molar-refractivity contribution in [3.8, 4) is 0 Å². The number of benzene rings is 1. The molecule has 0 spiro atoms. The Labute approximate surface area is 149 Å². The van der Waals surface area contributed by atoms with Crippen LogP contribution < -0.4 is 0 Å². The molecule has 1 heterocycles. The summed E-state index contributed by atoms with van der Waals surface area (Å²) in [5.74, 6) is 1.51. The summed E-state index contributed by atoms with van der Waals surface area (Å²) in [7, 11) is 0. The number of rotatable bonds is 3. The molecule has 112 valence electrons. The topological polar surface area (TPSA) is 25.8 Å². The SMILES string of the molecule is Cc1ccc(SCc2nc(Cl)c(I)c(C(C)(C)C)n2)cc1. The molecule has 0 aliphatic heterocycles. The largest absolute Gasteiger partial charge is 0.235 e. The molecule has 0 saturated heterocycles. The highest BCUT2D eigenvalue weighted by molar-refractivity contribution is 14.1. The second kappa shape index (κ2) is 6.84. The molecule has 5 heteroatoms. The number of aromatic nitrogens is 2. The molecule has 0 radical (unpaired) electrons. The maximum atomic E-state index is 6.26. The van der Waals surface area contributed by atoms with Crippen molar-refractivity contribution in [2.75, 3.05) is 0 Å². The predicted octanol–water partition coefficient (Wildman–Crippen LogP) is 5.63. The molecule has 21 heavy (non-hydrogen) atoms. The standard InChI is InChI=1S/C16H18ClIN2S/c1-10-5-7-11(8-6-10)21-9-12-19-14(16(2,3)4)13(18)15(17)20-12/h5-8H,9H2,1-4H3. The van der Waals surface area contributed by atoms with Gasteiger partial charge in [0.15, 0.2) is 0 Å². The smallest absolute Gasteiger partial charge is 0.146 e. The van der Waals surface area contributed by atoms with Crippen LogP contribution in [0.25, 0.3) is 0 Å². The average molecular weight is 433 g/mol. The fourth-order valence-corrected chi connectivity index (χ4v) is 3.80. The van der Waals surface area contributed by atoms with Crippen molar-refractivity contribution >= 4 is 46.0 Å². The lowest BCUT2D eigenvalue weighted by molar-refractivity contribution is 0.559. The highest BCUT2D eigenvalue weighted by Crippen LogP contribution is 2.30. The molecule has 1 aromatic carbocycles. The van der Waals surface area contributed by atoms with E-state index >= 15 is 0 Å². The summed E-state index contributed by atoms with van der Waals surface area (Å²) in [6.07, 6.45) is 0. The first-order valence-corrected chi connectivity index (χ1v) is 9.13. The van der Waals surface area contributed by atoms with Gasteiger partial charge < -0.3 is 0 Å². The van der Waals surface area contributed by atoms with Crippen LogP contribution in [0.3, 0.4) is 0 Å². The van der Waals surface area contributed by atoms with Crippen LogP contribution in [0.4, 0.5) is 0 Å². The third-order valence-corrected chi connectivity index (χ3v) is 5.58. The molecule has 0 N–H and O–H groups in total. The summed E-state index contributed by atoms with van der Waals surface area (Å²) < 4.78 is 0.950. The minimum absolute atomic E-state index is 0.0353. The zero-order valence-electron chi connectivity index (χ0n) is 12.6. The van der Waals surface area contributed by atoms with Gasteiger partial charge in [0.1, 0.15) is 11.0 Å². The van der Waals surface area contributed by atoms with E-state index in [0.29, 0.717) is 5.15 Å². The highest BCUT2D eigenvalue weighted by atomic mass is 127. The molecular weight excluding hydrogens is 415 g/mol. The third kappa shape index (κ3) is 4.57. The fourth-order valence-electron chi connectivity index (χ4n) is 1.81. The summed E-state index contributed by atoms with van der Waals surface area (Å²) in [5.41, 5.74) is 2.25. The van der Waals surface area contributed by atoms with Crippen LogP contribution >= 0.6 is 46.0 Å². The van der Waals surface area contributed by atoms with E-state index in [1.807, 2.05) is 0 Å². The second-order valence-corrected chi connectivity index (χ2v) is 8.43. The minimum atomic E-state index is -0.0353. The summed E-state index contributed by atoms with van der Waals surface area (Å²) >= 11 is 10.2. The van der Waals surface area contributed by atoms with Gasteiger partial charge in [-0.15, -0.1) is 11.8 Å². The minimum Gasteiger partial charge on any atom is -0.235 e. The van der Waals surface area contributed by atoms with Crippen LogP contribution in [-0.2, 0) is 11.2 Å². The van der Waals surface area contributed by atoms with Crippen molar-refractivity contribution in [1.82, 2.24) is 9.97 Å². The van der Waals surface area contributed by atoms with Gasteiger partial charge in [0.2, 0.25) is 0 Å². The molecule has 0 amide bonds. The van der Waals surface area contributed by atoms with Crippen LogP contribution in [0, 0.1) is 10.5 Å². The Morgan fingerprint density at radius 2 is 1.76 bits per heavy atom. The van der Waals surface area contributed by atoms with Crippen LogP contribution in [0.2, 0.25) is 5.15 Å².